The lowest BCUT2D eigenvalue weighted by Crippen LogP contribution is -2.62. The number of nitrogens with zero attached hydrogens (tertiary/aromatic N) is 2. The lowest BCUT2D eigenvalue weighted by atomic mass is 9.46. The van der Waals surface area contributed by atoms with E-state index in [9.17, 15) is 9.82 Å². The Morgan fingerprint density at radius 2 is 2.29 bits per heavy atom. The molecule has 2 aliphatic heterocycles. The predicted octanol–water partition coefficient (Wildman–Crippen LogP) is 2.14. The fraction of sp³-hybridized carbons (Fsp3) is 0.600. The summed E-state index contributed by atoms with van der Waals surface area (Å²) in [5.41, 5.74) is 2.37. The lowest BCUT2D eigenvalue weighted by Gasteiger charge is -2.63. The topological polar surface area (TPSA) is 87.7 Å². The molecule has 2 aromatic rings. The summed E-state index contributed by atoms with van der Waals surface area (Å²) in [5, 5.41) is 11.6. The summed E-state index contributed by atoms with van der Waals surface area (Å²) >= 11 is 0. The highest BCUT2D eigenvalue weighted by molar-refractivity contribution is 6.62. The largest absolute Gasteiger partial charge is 0.493 e. The number of aromatic nitrogens is 2. The molecular formula is C20H26BN3O4. The first-order chi connectivity index (χ1) is 13.5. The number of rotatable bonds is 2. The highest BCUT2D eigenvalue weighted by Gasteiger charge is 2.67. The summed E-state index contributed by atoms with van der Waals surface area (Å²) in [7, 11) is -0.925. The van der Waals surface area contributed by atoms with Crippen LogP contribution in [0.3, 0.4) is 0 Å². The van der Waals surface area contributed by atoms with E-state index in [1.807, 2.05) is 24.1 Å². The maximum absolute atomic E-state index is 12.2. The maximum atomic E-state index is 12.2. The summed E-state index contributed by atoms with van der Waals surface area (Å²) in [5.74, 6) is 0.255. The van der Waals surface area contributed by atoms with Crippen LogP contribution in [-0.2, 0) is 15.0 Å². The highest BCUT2D eigenvalue weighted by Crippen LogP contribution is 2.66. The van der Waals surface area contributed by atoms with E-state index in [1.54, 1.807) is 6.20 Å². The van der Waals surface area contributed by atoms with Crippen LogP contribution in [0.5, 0.6) is 0 Å². The van der Waals surface area contributed by atoms with Crippen molar-refractivity contribution >= 4 is 29.7 Å². The number of carbonyl (C=O) groups is 1. The van der Waals surface area contributed by atoms with Crippen molar-refractivity contribution in [3.8, 4) is 0 Å². The van der Waals surface area contributed by atoms with E-state index in [4.69, 9.17) is 9.39 Å². The molecule has 1 aliphatic carbocycles. The average molecular weight is 383 g/mol. The molecule has 2 aromatic heterocycles. The van der Waals surface area contributed by atoms with Crippen LogP contribution in [0.2, 0.25) is 0 Å². The second-order valence-corrected chi connectivity index (χ2v) is 8.55. The second-order valence-electron chi connectivity index (χ2n) is 8.55. The van der Waals surface area contributed by atoms with Crippen molar-refractivity contribution < 1.29 is 19.2 Å². The summed E-state index contributed by atoms with van der Waals surface area (Å²) in [6.07, 6.45) is 7.00. The number of amides is 1. The van der Waals surface area contributed by atoms with Crippen LogP contribution in [0.1, 0.15) is 45.1 Å². The minimum Gasteiger partial charge on any atom is -0.449 e. The van der Waals surface area contributed by atoms with Crippen LogP contribution in [0.25, 0.3) is 11.0 Å². The first-order valence-electron chi connectivity index (χ1n) is 10.2. The molecule has 28 heavy (non-hydrogen) atoms. The van der Waals surface area contributed by atoms with Crippen LogP contribution < -0.4 is 5.46 Å². The molecule has 2 spiro atoms. The Labute approximate surface area is 164 Å². The standard InChI is InChI=1S/C20H26BN3O4/c1-3-10-27-18(25)24-8-5-19(6-9-24)12-20(13(19)2)16-14-4-7-22-17(14)23-11-15(16)21(26)28-20/h4,7,11,13,26H,3,5-6,8-10,12H2,1-2H3,(H,22,23). The van der Waals surface area contributed by atoms with Gasteiger partial charge < -0.3 is 24.3 Å². The Balaban J connectivity index is 1.38. The van der Waals surface area contributed by atoms with E-state index < -0.39 is 12.7 Å². The van der Waals surface area contributed by atoms with Crippen LogP contribution >= 0.6 is 0 Å². The molecule has 0 aromatic carbocycles. The minimum atomic E-state index is -0.925. The molecule has 2 unspecified atom stereocenters. The molecule has 0 radical (unpaired) electrons. The maximum Gasteiger partial charge on any atom is 0.493 e. The molecule has 1 saturated carbocycles. The number of H-pyrrole nitrogens is 1. The highest BCUT2D eigenvalue weighted by atomic mass is 16.6. The molecule has 2 N–H and O–H groups in total. The van der Waals surface area contributed by atoms with Gasteiger partial charge in [-0.2, -0.15) is 0 Å². The Morgan fingerprint density at radius 1 is 1.50 bits per heavy atom. The van der Waals surface area contributed by atoms with Gasteiger partial charge in [-0.3, -0.25) is 0 Å². The van der Waals surface area contributed by atoms with Gasteiger partial charge >= 0.3 is 13.2 Å². The van der Waals surface area contributed by atoms with Crippen LogP contribution in [-0.4, -0.2) is 52.8 Å². The SMILES string of the molecule is CCCOC(=O)N1CCC2(CC1)CC1(OB(O)c3cnc4[nH]ccc4c31)C2C. The fourth-order valence-electron chi connectivity index (χ4n) is 5.67. The number of pyridine rings is 1. The van der Waals surface area contributed by atoms with Crippen molar-refractivity contribution in [2.24, 2.45) is 11.3 Å². The summed E-state index contributed by atoms with van der Waals surface area (Å²) in [4.78, 5) is 21.6. The number of hydrogen-bond donors (Lipinski definition) is 2. The van der Waals surface area contributed by atoms with Gasteiger partial charge in [0.15, 0.2) is 0 Å². The number of nitrogens with one attached hydrogen (secondary N) is 1. The molecular weight excluding hydrogens is 357 g/mol. The summed E-state index contributed by atoms with van der Waals surface area (Å²) < 4.78 is 11.5. The summed E-state index contributed by atoms with van der Waals surface area (Å²) in [6, 6.07) is 2.02. The third kappa shape index (κ3) is 2.31. The molecule has 7 nitrogen and oxygen atoms in total. The van der Waals surface area contributed by atoms with E-state index in [2.05, 4.69) is 16.9 Å². The van der Waals surface area contributed by atoms with Gasteiger partial charge in [0.25, 0.3) is 0 Å². The van der Waals surface area contributed by atoms with Gasteiger partial charge in [0.05, 0.1) is 12.2 Å². The van der Waals surface area contributed by atoms with Crippen molar-refractivity contribution in [2.75, 3.05) is 19.7 Å². The van der Waals surface area contributed by atoms with Gasteiger partial charge in [0.1, 0.15) is 5.65 Å². The number of ether oxygens (including phenoxy) is 1. The molecule has 2 fully saturated rings. The molecule has 4 heterocycles. The number of carbonyl (C=O) groups excluding carboxylic acids is 1. The van der Waals surface area contributed by atoms with Gasteiger partial charge in [0, 0.05) is 36.3 Å². The van der Waals surface area contributed by atoms with Crippen LogP contribution in [0.4, 0.5) is 4.79 Å². The fourth-order valence-corrected chi connectivity index (χ4v) is 5.67. The molecule has 1 saturated heterocycles. The molecule has 8 heteroatoms. The Bertz CT molecular complexity index is 923. The number of likely N-dealkylation sites (tertiary alicyclic amines) is 1. The predicted molar refractivity (Wildman–Crippen MR) is 105 cm³/mol. The normalized spacial score (nSPS) is 28.0. The zero-order valence-corrected chi connectivity index (χ0v) is 16.4. The third-order valence-corrected chi connectivity index (χ3v) is 7.31. The first kappa shape index (κ1) is 18.0. The molecule has 1 amide bonds. The van der Waals surface area contributed by atoms with E-state index >= 15 is 0 Å². The van der Waals surface area contributed by atoms with Crippen molar-refractivity contribution in [2.45, 2.75) is 45.1 Å². The molecule has 3 aliphatic rings. The third-order valence-electron chi connectivity index (χ3n) is 7.31. The van der Waals surface area contributed by atoms with Gasteiger partial charge in [-0.1, -0.05) is 13.8 Å². The Hall–Kier alpha value is -2.06. The lowest BCUT2D eigenvalue weighted by molar-refractivity contribution is -0.194. The van der Waals surface area contributed by atoms with Gasteiger partial charge in [-0.25, -0.2) is 9.78 Å². The number of fused-ring (bicyclic) bond motifs is 4. The first-order valence-corrected chi connectivity index (χ1v) is 10.2. The molecule has 148 valence electrons. The summed E-state index contributed by atoms with van der Waals surface area (Å²) in [6.45, 7) is 6.14. The van der Waals surface area contributed by atoms with Crippen LogP contribution in [0.15, 0.2) is 18.5 Å². The zero-order valence-electron chi connectivity index (χ0n) is 16.4. The monoisotopic (exact) mass is 383 g/mol. The van der Waals surface area contributed by atoms with E-state index in [0.717, 1.165) is 47.7 Å². The molecule has 5 rings (SSSR count). The van der Waals surface area contributed by atoms with Crippen molar-refractivity contribution in [3.05, 3.63) is 24.0 Å². The van der Waals surface area contributed by atoms with E-state index in [1.165, 1.54) is 0 Å². The Morgan fingerprint density at radius 3 is 3.00 bits per heavy atom. The van der Waals surface area contributed by atoms with Gasteiger partial charge in [-0.05, 0) is 48.6 Å². The molecule has 0 bridgehead atoms. The Kier molecular flexibility index (Phi) is 4.00. The van der Waals surface area contributed by atoms with Crippen LogP contribution in [0, 0.1) is 11.3 Å². The van der Waals surface area contributed by atoms with Crippen molar-refractivity contribution in [1.82, 2.24) is 14.9 Å². The average Bonchev–Trinajstić information content (AvgIpc) is 3.30. The van der Waals surface area contributed by atoms with E-state index in [0.29, 0.717) is 19.7 Å². The quantitative estimate of drug-likeness (QED) is 0.776. The smallest absolute Gasteiger partial charge is 0.449 e. The number of aromatic amines is 1. The molecule has 2 atom stereocenters. The number of piperidine rings is 1. The van der Waals surface area contributed by atoms with E-state index in [-0.39, 0.29) is 17.4 Å². The number of hydrogen-bond acceptors (Lipinski definition) is 5. The second kappa shape index (κ2) is 6.22. The van der Waals surface area contributed by atoms with Crippen molar-refractivity contribution in [3.63, 3.8) is 0 Å². The van der Waals surface area contributed by atoms with Crippen molar-refractivity contribution in [1.29, 1.82) is 0 Å². The zero-order chi connectivity index (χ0) is 19.5. The minimum absolute atomic E-state index is 0.134. The van der Waals surface area contributed by atoms with Gasteiger partial charge in [0.2, 0.25) is 0 Å². The van der Waals surface area contributed by atoms with Gasteiger partial charge in [-0.15, -0.1) is 0 Å².